The van der Waals surface area contributed by atoms with E-state index in [1.165, 1.54) is 0 Å². The molecule has 16 heavy (non-hydrogen) atoms. The number of nitrogens with zero attached hydrogens (tertiary/aromatic N) is 2. The van der Waals surface area contributed by atoms with E-state index >= 15 is 0 Å². The summed E-state index contributed by atoms with van der Waals surface area (Å²) in [4.78, 5) is 6.28. The second-order valence-corrected chi connectivity index (χ2v) is 4.32. The van der Waals surface area contributed by atoms with Crippen molar-refractivity contribution in [3.8, 4) is 0 Å². The second kappa shape index (κ2) is 6.68. The van der Waals surface area contributed by atoms with Crippen LogP contribution >= 0.6 is 11.6 Å². The first kappa shape index (κ1) is 13.2. The predicted octanol–water partition coefficient (Wildman–Crippen LogP) is 1.59. The van der Waals surface area contributed by atoms with Crippen molar-refractivity contribution < 1.29 is 5.11 Å². The van der Waals surface area contributed by atoms with Gasteiger partial charge >= 0.3 is 0 Å². The monoisotopic (exact) mass is 243 g/mol. The highest BCUT2D eigenvalue weighted by Crippen LogP contribution is 2.19. The largest absolute Gasteiger partial charge is 0.392 e. The van der Waals surface area contributed by atoms with Crippen LogP contribution in [0.1, 0.15) is 12.0 Å². The molecule has 0 saturated carbocycles. The van der Waals surface area contributed by atoms with E-state index in [1.807, 2.05) is 14.1 Å². The Bertz CT molecular complexity index is 331. The summed E-state index contributed by atoms with van der Waals surface area (Å²) in [5.41, 5.74) is 0.726. The molecule has 1 rings (SSSR count). The molecule has 0 atom stereocenters. The van der Waals surface area contributed by atoms with Gasteiger partial charge < -0.3 is 15.3 Å². The molecule has 90 valence electrons. The van der Waals surface area contributed by atoms with Crippen LogP contribution in [0.4, 0.5) is 5.82 Å². The Morgan fingerprint density at radius 1 is 1.50 bits per heavy atom. The molecule has 1 heterocycles. The van der Waals surface area contributed by atoms with Crippen molar-refractivity contribution >= 4 is 17.4 Å². The van der Waals surface area contributed by atoms with Crippen molar-refractivity contribution in [1.29, 1.82) is 0 Å². The molecule has 0 aliphatic heterocycles. The molecule has 2 N–H and O–H groups in total. The third kappa shape index (κ3) is 4.35. The highest BCUT2D eigenvalue weighted by molar-refractivity contribution is 6.32. The number of nitrogens with one attached hydrogen (secondary N) is 1. The Labute approximate surface area is 101 Å². The van der Waals surface area contributed by atoms with Gasteiger partial charge in [-0.3, -0.25) is 0 Å². The van der Waals surface area contributed by atoms with Gasteiger partial charge in [0.1, 0.15) is 5.82 Å². The summed E-state index contributed by atoms with van der Waals surface area (Å²) in [6.45, 7) is 1.83. The maximum Gasteiger partial charge on any atom is 0.144 e. The third-order valence-corrected chi connectivity index (χ3v) is 2.44. The summed E-state index contributed by atoms with van der Waals surface area (Å²) >= 11 is 6.00. The summed E-state index contributed by atoms with van der Waals surface area (Å²) in [5, 5.41) is 12.6. The summed E-state index contributed by atoms with van der Waals surface area (Å²) in [6.07, 6.45) is 2.66. The van der Waals surface area contributed by atoms with Crippen LogP contribution in [0.2, 0.25) is 5.02 Å². The standard InChI is InChI=1S/C11H18ClN3O/c1-15(2)5-3-4-13-11-10(12)6-9(8-16)7-14-11/h6-7,16H,3-5,8H2,1-2H3,(H,13,14). The van der Waals surface area contributed by atoms with Crippen LogP contribution < -0.4 is 5.32 Å². The molecular weight excluding hydrogens is 226 g/mol. The van der Waals surface area contributed by atoms with Gasteiger partial charge in [-0.2, -0.15) is 0 Å². The van der Waals surface area contributed by atoms with Crippen molar-refractivity contribution in [2.75, 3.05) is 32.5 Å². The van der Waals surface area contributed by atoms with Gasteiger partial charge in [-0.05, 0) is 38.7 Å². The summed E-state index contributed by atoms with van der Waals surface area (Å²) < 4.78 is 0. The molecule has 0 fully saturated rings. The number of anilines is 1. The fraction of sp³-hybridized carbons (Fsp3) is 0.545. The van der Waals surface area contributed by atoms with Gasteiger partial charge in [-0.25, -0.2) is 4.98 Å². The number of aliphatic hydroxyl groups is 1. The molecule has 1 aromatic heterocycles. The molecule has 0 spiro atoms. The van der Waals surface area contributed by atoms with Gasteiger partial charge in [0.25, 0.3) is 0 Å². The first-order valence-corrected chi connectivity index (χ1v) is 5.65. The number of aromatic nitrogens is 1. The van der Waals surface area contributed by atoms with Crippen molar-refractivity contribution in [2.24, 2.45) is 0 Å². The van der Waals surface area contributed by atoms with Gasteiger partial charge in [0, 0.05) is 12.7 Å². The predicted molar refractivity (Wildman–Crippen MR) is 66.8 cm³/mol. The lowest BCUT2D eigenvalue weighted by molar-refractivity contribution is 0.281. The average Bonchev–Trinajstić information content (AvgIpc) is 2.25. The number of halogens is 1. The fourth-order valence-corrected chi connectivity index (χ4v) is 1.55. The zero-order valence-electron chi connectivity index (χ0n) is 9.70. The molecule has 0 radical (unpaired) electrons. The maximum absolute atomic E-state index is 8.90. The van der Waals surface area contributed by atoms with E-state index in [9.17, 15) is 0 Å². The summed E-state index contributed by atoms with van der Waals surface area (Å²) in [7, 11) is 4.09. The van der Waals surface area contributed by atoms with Gasteiger partial charge in [-0.1, -0.05) is 11.6 Å². The van der Waals surface area contributed by atoms with Gasteiger partial charge in [-0.15, -0.1) is 0 Å². The van der Waals surface area contributed by atoms with Crippen LogP contribution in [-0.2, 0) is 6.61 Å². The molecule has 0 aliphatic carbocycles. The number of pyridine rings is 1. The molecule has 0 amide bonds. The van der Waals surface area contributed by atoms with E-state index in [0.717, 1.165) is 25.1 Å². The highest BCUT2D eigenvalue weighted by Gasteiger charge is 2.02. The second-order valence-electron chi connectivity index (χ2n) is 3.92. The molecule has 5 heteroatoms. The summed E-state index contributed by atoms with van der Waals surface area (Å²) in [6, 6.07) is 1.73. The number of aliphatic hydroxyl groups excluding tert-OH is 1. The molecule has 0 bridgehead atoms. The lowest BCUT2D eigenvalue weighted by atomic mass is 10.3. The van der Waals surface area contributed by atoms with Crippen LogP contribution in [0.5, 0.6) is 0 Å². The lowest BCUT2D eigenvalue weighted by Gasteiger charge is -2.11. The van der Waals surface area contributed by atoms with Gasteiger partial charge in [0.05, 0.1) is 11.6 Å². The van der Waals surface area contributed by atoms with Crippen LogP contribution in [-0.4, -0.2) is 42.2 Å². The van der Waals surface area contributed by atoms with E-state index in [0.29, 0.717) is 10.8 Å². The third-order valence-electron chi connectivity index (χ3n) is 2.15. The molecule has 0 aliphatic rings. The minimum Gasteiger partial charge on any atom is -0.392 e. The molecule has 0 saturated heterocycles. The quantitative estimate of drug-likeness (QED) is 0.745. The van der Waals surface area contributed by atoms with Crippen LogP contribution in [0.3, 0.4) is 0 Å². The van der Waals surface area contributed by atoms with Crippen molar-refractivity contribution in [2.45, 2.75) is 13.0 Å². The average molecular weight is 244 g/mol. The topological polar surface area (TPSA) is 48.4 Å². The Morgan fingerprint density at radius 3 is 2.81 bits per heavy atom. The molecule has 4 nitrogen and oxygen atoms in total. The van der Waals surface area contributed by atoms with E-state index in [2.05, 4.69) is 15.2 Å². The summed E-state index contributed by atoms with van der Waals surface area (Å²) in [5.74, 6) is 0.678. The number of hydrogen-bond donors (Lipinski definition) is 2. The maximum atomic E-state index is 8.90. The number of rotatable bonds is 6. The Kier molecular flexibility index (Phi) is 5.52. The van der Waals surface area contributed by atoms with Crippen LogP contribution in [0.25, 0.3) is 0 Å². The van der Waals surface area contributed by atoms with Crippen molar-refractivity contribution in [3.63, 3.8) is 0 Å². The van der Waals surface area contributed by atoms with Crippen molar-refractivity contribution in [3.05, 3.63) is 22.8 Å². The fourth-order valence-electron chi connectivity index (χ4n) is 1.30. The van der Waals surface area contributed by atoms with Gasteiger partial charge in [0.15, 0.2) is 0 Å². The first-order chi connectivity index (χ1) is 7.63. The minimum atomic E-state index is -0.0341. The van der Waals surface area contributed by atoms with E-state index in [4.69, 9.17) is 16.7 Å². The lowest BCUT2D eigenvalue weighted by Crippen LogP contribution is -2.16. The molecule has 1 aromatic rings. The molecular formula is C11H18ClN3O. The van der Waals surface area contributed by atoms with Crippen molar-refractivity contribution in [1.82, 2.24) is 9.88 Å². The van der Waals surface area contributed by atoms with Crippen LogP contribution in [0, 0.1) is 0 Å². The zero-order chi connectivity index (χ0) is 12.0. The van der Waals surface area contributed by atoms with E-state index in [-0.39, 0.29) is 6.61 Å². The van der Waals surface area contributed by atoms with E-state index in [1.54, 1.807) is 12.3 Å². The Morgan fingerprint density at radius 2 is 2.25 bits per heavy atom. The minimum absolute atomic E-state index is 0.0341. The Balaban J connectivity index is 2.42. The normalized spacial score (nSPS) is 10.8. The highest BCUT2D eigenvalue weighted by atomic mass is 35.5. The number of hydrogen-bond acceptors (Lipinski definition) is 4. The van der Waals surface area contributed by atoms with E-state index < -0.39 is 0 Å². The van der Waals surface area contributed by atoms with Crippen LogP contribution in [0.15, 0.2) is 12.3 Å². The van der Waals surface area contributed by atoms with Gasteiger partial charge in [0.2, 0.25) is 0 Å². The SMILES string of the molecule is CN(C)CCCNc1ncc(CO)cc1Cl. The smallest absolute Gasteiger partial charge is 0.144 e. The first-order valence-electron chi connectivity index (χ1n) is 5.27. The zero-order valence-corrected chi connectivity index (χ0v) is 10.5. The molecule has 0 unspecified atom stereocenters. The Hall–Kier alpha value is -0.840. The molecule has 0 aromatic carbocycles.